The van der Waals surface area contributed by atoms with Gasteiger partial charge in [0.15, 0.2) is 0 Å². The molecule has 2 heterocycles. The molecule has 4 rings (SSSR count). The molecule has 2 aromatic heterocycles. The van der Waals surface area contributed by atoms with Crippen molar-refractivity contribution in [1.29, 1.82) is 0 Å². The van der Waals surface area contributed by atoms with Crippen molar-refractivity contribution in [2.24, 2.45) is 0 Å². The van der Waals surface area contributed by atoms with E-state index in [0.29, 0.717) is 10.6 Å². The minimum Gasteiger partial charge on any atom is -0.422 e. The second-order valence-corrected chi connectivity index (χ2v) is 6.29. The van der Waals surface area contributed by atoms with Crippen LogP contribution in [0, 0.1) is 4.84 Å². The number of nitrogens with one attached hydrogen (secondary N) is 1. The third kappa shape index (κ3) is 3.26. The lowest BCUT2D eigenvalue weighted by Gasteiger charge is -2.05. The summed E-state index contributed by atoms with van der Waals surface area (Å²) < 4.78 is 12.2. The molecule has 1 N–H and O–H groups in total. The predicted octanol–water partition coefficient (Wildman–Crippen LogP) is 4.70. The highest BCUT2D eigenvalue weighted by Crippen LogP contribution is 2.20. The van der Waals surface area contributed by atoms with Crippen LogP contribution in [0.2, 0.25) is 5.02 Å². The Bertz CT molecular complexity index is 1190. The molecule has 0 aliphatic heterocycles. The van der Waals surface area contributed by atoms with Crippen molar-refractivity contribution >= 4 is 40.5 Å². The van der Waals surface area contributed by atoms with Gasteiger partial charge in [-0.1, -0.05) is 29.8 Å². The lowest BCUT2D eigenvalue weighted by Crippen LogP contribution is -2.10. The number of anilines is 1. The van der Waals surface area contributed by atoms with E-state index in [0.717, 1.165) is 11.1 Å². The SMILES string of the molecule is O=c1oc2ccccc2cc1-c1nn(CNc2ccc(Cl)cc2)c(=S)o1. The zero-order valence-electron chi connectivity index (χ0n) is 13.3. The number of fused-ring (bicyclic) bond motifs is 1. The van der Waals surface area contributed by atoms with Crippen LogP contribution >= 0.6 is 23.8 Å². The van der Waals surface area contributed by atoms with Gasteiger partial charge in [-0.25, -0.2) is 9.48 Å². The molecule has 26 heavy (non-hydrogen) atoms. The fraction of sp³-hybridized carbons (Fsp3) is 0.0556. The quantitative estimate of drug-likeness (QED) is 0.405. The number of aromatic nitrogens is 2. The molecule has 0 saturated heterocycles. The van der Waals surface area contributed by atoms with Gasteiger partial charge in [0, 0.05) is 16.1 Å². The number of para-hydroxylation sites is 1. The van der Waals surface area contributed by atoms with Crippen LogP contribution in [0.1, 0.15) is 0 Å². The van der Waals surface area contributed by atoms with Crippen LogP contribution in [0.5, 0.6) is 0 Å². The summed E-state index contributed by atoms with van der Waals surface area (Å²) in [5.74, 6) is 0.118. The van der Waals surface area contributed by atoms with Crippen molar-refractivity contribution in [3.63, 3.8) is 0 Å². The topological polar surface area (TPSA) is 73.2 Å². The molecule has 0 atom stereocenters. The minimum atomic E-state index is -0.530. The summed E-state index contributed by atoms with van der Waals surface area (Å²) in [7, 11) is 0. The summed E-state index contributed by atoms with van der Waals surface area (Å²) in [6.07, 6.45) is 0. The molecule has 0 fully saturated rings. The Kier molecular flexibility index (Phi) is 4.32. The fourth-order valence-electron chi connectivity index (χ4n) is 2.46. The van der Waals surface area contributed by atoms with E-state index in [1.165, 1.54) is 4.68 Å². The van der Waals surface area contributed by atoms with E-state index >= 15 is 0 Å². The van der Waals surface area contributed by atoms with E-state index in [9.17, 15) is 4.79 Å². The maximum atomic E-state index is 12.2. The predicted molar refractivity (Wildman–Crippen MR) is 102 cm³/mol. The van der Waals surface area contributed by atoms with Gasteiger partial charge in [-0.2, -0.15) is 0 Å². The second-order valence-electron chi connectivity index (χ2n) is 5.50. The standard InChI is InChI=1S/C18H12ClN3O3S/c19-12-5-7-13(8-6-12)20-10-22-18(26)25-16(21-22)14-9-11-3-1-2-4-15(11)24-17(14)23/h1-9,20H,10H2. The normalized spacial score (nSPS) is 11.0. The number of nitrogens with zero attached hydrogens (tertiary/aromatic N) is 2. The number of hydrogen-bond donors (Lipinski definition) is 1. The smallest absolute Gasteiger partial charge is 0.349 e. The Labute approximate surface area is 157 Å². The minimum absolute atomic E-state index is 0.118. The Morgan fingerprint density at radius 1 is 1.12 bits per heavy atom. The van der Waals surface area contributed by atoms with Gasteiger partial charge in [-0.05, 0) is 48.6 Å². The molecule has 0 bridgehead atoms. The van der Waals surface area contributed by atoms with Gasteiger partial charge in [0.05, 0.1) is 0 Å². The van der Waals surface area contributed by atoms with Crippen LogP contribution in [0.25, 0.3) is 22.4 Å². The van der Waals surface area contributed by atoms with Crippen LogP contribution in [-0.2, 0) is 6.67 Å². The molecule has 4 aromatic rings. The molecular weight excluding hydrogens is 374 g/mol. The van der Waals surface area contributed by atoms with Crippen LogP contribution in [0.4, 0.5) is 5.69 Å². The van der Waals surface area contributed by atoms with E-state index in [1.807, 2.05) is 24.3 Å². The molecule has 0 radical (unpaired) electrons. The molecule has 2 aromatic carbocycles. The fourth-order valence-corrected chi connectivity index (χ4v) is 2.77. The van der Waals surface area contributed by atoms with Crippen LogP contribution in [0.15, 0.2) is 68.2 Å². The lowest BCUT2D eigenvalue weighted by molar-refractivity contribution is 0.515. The molecule has 0 unspecified atom stereocenters. The van der Waals surface area contributed by atoms with E-state index in [2.05, 4.69) is 10.4 Å². The van der Waals surface area contributed by atoms with Gasteiger partial charge in [0.1, 0.15) is 17.8 Å². The number of hydrogen-bond acceptors (Lipinski definition) is 6. The largest absolute Gasteiger partial charge is 0.422 e. The summed E-state index contributed by atoms with van der Waals surface area (Å²) in [4.78, 5) is 12.4. The van der Waals surface area contributed by atoms with Crippen LogP contribution < -0.4 is 10.9 Å². The first-order valence-corrected chi connectivity index (χ1v) is 8.49. The third-order valence-corrected chi connectivity index (χ3v) is 4.30. The molecule has 0 spiro atoms. The molecular formula is C18H12ClN3O3S. The van der Waals surface area contributed by atoms with Gasteiger partial charge in [0.25, 0.3) is 10.7 Å². The Morgan fingerprint density at radius 3 is 2.69 bits per heavy atom. The van der Waals surface area contributed by atoms with Crippen molar-refractivity contribution in [1.82, 2.24) is 9.78 Å². The average Bonchev–Trinajstić information content (AvgIpc) is 3.01. The summed E-state index contributed by atoms with van der Waals surface area (Å²) in [6.45, 7) is 0.281. The zero-order chi connectivity index (χ0) is 18.1. The van der Waals surface area contributed by atoms with Crippen molar-refractivity contribution in [2.45, 2.75) is 6.67 Å². The number of halogens is 1. The summed E-state index contributed by atoms with van der Waals surface area (Å²) in [5.41, 5.74) is 1.05. The van der Waals surface area contributed by atoms with E-state index < -0.39 is 5.63 Å². The van der Waals surface area contributed by atoms with Crippen molar-refractivity contribution in [2.75, 3.05) is 5.32 Å². The van der Waals surface area contributed by atoms with E-state index in [1.54, 1.807) is 30.3 Å². The maximum Gasteiger partial charge on any atom is 0.349 e. The Morgan fingerprint density at radius 2 is 1.88 bits per heavy atom. The monoisotopic (exact) mass is 385 g/mol. The Balaban J connectivity index is 1.64. The number of benzene rings is 2. The maximum absolute atomic E-state index is 12.2. The lowest BCUT2D eigenvalue weighted by atomic mass is 10.2. The first-order chi connectivity index (χ1) is 12.6. The van der Waals surface area contributed by atoms with Gasteiger partial charge in [0.2, 0.25) is 0 Å². The molecule has 0 amide bonds. The van der Waals surface area contributed by atoms with Gasteiger partial charge in [-0.3, -0.25) is 0 Å². The summed E-state index contributed by atoms with van der Waals surface area (Å²) in [6, 6.07) is 16.1. The van der Waals surface area contributed by atoms with Gasteiger partial charge >= 0.3 is 5.63 Å². The second kappa shape index (κ2) is 6.78. The number of rotatable bonds is 4. The van der Waals surface area contributed by atoms with Crippen molar-refractivity contribution in [3.05, 3.63) is 74.9 Å². The first kappa shape index (κ1) is 16.6. The van der Waals surface area contributed by atoms with Crippen molar-refractivity contribution in [3.8, 4) is 11.5 Å². The summed E-state index contributed by atoms with van der Waals surface area (Å²) >= 11 is 11.1. The average molecular weight is 386 g/mol. The molecule has 0 aliphatic rings. The molecule has 130 valence electrons. The highest BCUT2D eigenvalue weighted by molar-refractivity contribution is 7.71. The summed E-state index contributed by atoms with van der Waals surface area (Å²) in [5, 5.41) is 8.86. The first-order valence-electron chi connectivity index (χ1n) is 7.71. The van der Waals surface area contributed by atoms with E-state index in [-0.39, 0.29) is 23.0 Å². The zero-order valence-corrected chi connectivity index (χ0v) is 14.9. The van der Waals surface area contributed by atoms with Crippen molar-refractivity contribution < 1.29 is 8.83 Å². The Hall–Kier alpha value is -2.90. The molecule has 6 nitrogen and oxygen atoms in total. The molecule has 0 saturated carbocycles. The highest BCUT2D eigenvalue weighted by atomic mass is 35.5. The molecule has 0 aliphatic carbocycles. The van der Waals surface area contributed by atoms with E-state index in [4.69, 9.17) is 32.7 Å². The van der Waals surface area contributed by atoms with Crippen LogP contribution in [-0.4, -0.2) is 9.78 Å². The van der Waals surface area contributed by atoms with Gasteiger partial charge in [-0.15, -0.1) is 5.10 Å². The highest BCUT2D eigenvalue weighted by Gasteiger charge is 2.14. The molecule has 8 heteroatoms. The third-order valence-electron chi connectivity index (χ3n) is 3.76. The van der Waals surface area contributed by atoms with Gasteiger partial charge < -0.3 is 14.2 Å². The van der Waals surface area contributed by atoms with Crippen LogP contribution in [0.3, 0.4) is 0 Å².